The summed E-state index contributed by atoms with van der Waals surface area (Å²) in [7, 11) is 0. The molecule has 0 aliphatic carbocycles. The Balaban J connectivity index is 2.83. The van der Waals surface area contributed by atoms with Crippen LogP contribution in [0.15, 0.2) is 22.7 Å². The smallest absolute Gasteiger partial charge is 0.140 e. The van der Waals surface area contributed by atoms with E-state index in [4.69, 9.17) is 11.6 Å². The summed E-state index contributed by atoms with van der Waals surface area (Å²) < 4.78 is 13.7. The van der Waals surface area contributed by atoms with Crippen molar-refractivity contribution in [2.75, 3.05) is 5.88 Å². The minimum absolute atomic E-state index is 0.117. The van der Waals surface area contributed by atoms with Crippen molar-refractivity contribution in [1.82, 2.24) is 0 Å². The zero-order valence-corrected chi connectivity index (χ0v) is 9.15. The summed E-state index contributed by atoms with van der Waals surface area (Å²) >= 11 is 8.48. The molecule has 0 saturated heterocycles. The van der Waals surface area contributed by atoms with Crippen LogP contribution in [-0.4, -0.2) is 17.1 Å². The van der Waals surface area contributed by atoms with Crippen molar-refractivity contribution in [3.05, 3.63) is 34.1 Å². The van der Waals surface area contributed by atoms with Gasteiger partial charge >= 0.3 is 0 Å². The van der Waals surface area contributed by atoms with Gasteiger partial charge in [-0.25, -0.2) is 4.39 Å². The number of aliphatic hydroxyl groups is 1. The van der Waals surface area contributed by atoms with Gasteiger partial charge in [-0.05, 0) is 27.6 Å². The Morgan fingerprint density at radius 2 is 2.23 bits per heavy atom. The number of rotatable bonds is 3. The fourth-order valence-corrected chi connectivity index (χ4v) is 1.53. The zero-order chi connectivity index (χ0) is 9.84. The first-order chi connectivity index (χ1) is 6.15. The molecule has 1 atom stereocenters. The van der Waals surface area contributed by atoms with Crippen LogP contribution >= 0.6 is 27.5 Å². The van der Waals surface area contributed by atoms with Crippen molar-refractivity contribution >= 4 is 27.5 Å². The van der Waals surface area contributed by atoms with Crippen LogP contribution in [0.4, 0.5) is 4.39 Å². The molecule has 0 aromatic heterocycles. The largest absolute Gasteiger partial charge is 0.392 e. The Labute approximate surface area is 89.7 Å². The lowest BCUT2D eigenvalue weighted by atomic mass is 10.1. The predicted molar refractivity (Wildman–Crippen MR) is 54.5 cm³/mol. The average Bonchev–Trinajstić information content (AvgIpc) is 2.13. The van der Waals surface area contributed by atoms with Crippen molar-refractivity contribution in [2.45, 2.75) is 12.5 Å². The molecule has 13 heavy (non-hydrogen) atoms. The molecule has 0 fully saturated rings. The summed E-state index contributed by atoms with van der Waals surface area (Å²) in [6, 6.07) is 4.98. The summed E-state index contributed by atoms with van der Waals surface area (Å²) in [6.45, 7) is 0. The van der Waals surface area contributed by atoms with Gasteiger partial charge in [-0.3, -0.25) is 0 Å². The van der Waals surface area contributed by atoms with Gasteiger partial charge in [0.1, 0.15) is 5.82 Å². The minimum atomic E-state index is -0.689. The van der Waals surface area contributed by atoms with E-state index in [2.05, 4.69) is 15.9 Å². The number of aliphatic hydroxyl groups excluding tert-OH is 1. The topological polar surface area (TPSA) is 20.2 Å². The first-order valence-corrected chi connectivity index (χ1v) is 5.15. The van der Waals surface area contributed by atoms with Gasteiger partial charge in [0.05, 0.1) is 10.6 Å². The van der Waals surface area contributed by atoms with Crippen LogP contribution in [0, 0.1) is 5.82 Å². The van der Waals surface area contributed by atoms with Gasteiger partial charge in [-0.1, -0.05) is 12.1 Å². The summed E-state index contributed by atoms with van der Waals surface area (Å²) in [4.78, 5) is 0. The molecule has 0 amide bonds. The maximum absolute atomic E-state index is 13.3. The van der Waals surface area contributed by atoms with Gasteiger partial charge in [0, 0.05) is 12.3 Å². The average molecular weight is 268 g/mol. The van der Waals surface area contributed by atoms with Crippen LogP contribution < -0.4 is 0 Å². The number of alkyl halides is 1. The Morgan fingerprint density at radius 3 is 2.85 bits per heavy atom. The molecule has 0 radical (unpaired) electrons. The summed E-state index contributed by atoms with van der Waals surface area (Å²) in [5, 5.41) is 9.21. The molecule has 0 aliphatic heterocycles. The molecule has 1 nitrogen and oxygen atoms in total. The molecular formula is C9H9BrClFO. The molecule has 0 spiro atoms. The Hall–Kier alpha value is -0.120. The molecule has 0 aliphatic rings. The number of benzene rings is 1. The Bertz CT molecular complexity index is 293. The van der Waals surface area contributed by atoms with E-state index < -0.39 is 6.10 Å². The van der Waals surface area contributed by atoms with E-state index in [0.717, 1.165) is 0 Å². The van der Waals surface area contributed by atoms with Crippen LogP contribution in [0.3, 0.4) is 0 Å². The van der Waals surface area contributed by atoms with Gasteiger partial charge < -0.3 is 5.11 Å². The van der Waals surface area contributed by atoms with Crippen molar-refractivity contribution in [1.29, 1.82) is 0 Å². The predicted octanol–water partition coefficient (Wildman–Crippen LogP) is 2.73. The fourth-order valence-electron chi connectivity index (χ4n) is 1.01. The summed E-state index contributed by atoms with van der Waals surface area (Å²) in [5.41, 5.74) is 0.475. The molecule has 0 heterocycles. The maximum atomic E-state index is 13.3. The SMILES string of the molecule is OC(CCl)Cc1cccc(Br)c1F. The second kappa shape index (κ2) is 4.94. The number of hydrogen-bond donors (Lipinski definition) is 1. The molecule has 1 rings (SSSR count). The highest BCUT2D eigenvalue weighted by atomic mass is 79.9. The van der Waals surface area contributed by atoms with E-state index in [-0.39, 0.29) is 18.1 Å². The van der Waals surface area contributed by atoms with Gasteiger partial charge in [-0.2, -0.15) is 0 Å². The lowest BCUT2D eigenvalue weighted by molar-refractivity contribution is 0.197. The van der Waals surface area contributed by atoms with E-state index in [1.165, 1.54) is 0 Å². The van der Waals surface area contributed by atoms with Gasteiger partial charge in [0.25, 0.3) is 0 Å². The van der Waals surface area contributed by atoms with Gasteiger partial charge in [-0.15, -0.1) is 11.6 Å². The van der Waals surface area contributed by atoms with E-state index in [0.29, 0.717) is 10.0 Å². The third-order valence-corrected chi connectivity index (χ3v) is 2.63. The third kappa shape index (κ3) is 2.93. The van der Waals surface area contributed by atoms with Crippen molar-refractivity contribution in [3.63, 3.8) is 0 Å². The zero-order valence-electron chi connectivity index (χ0n) is 6.80. The standard InChI is InChI=1S/C9H9BrClFO/c10-8-3-1-2-6(9(8)12)4-7(13)5-11/h1-3,7,13H,4-5H2. The van der Waals surface area contributed by atoms with Crippen molar-refractivity contribution in [3.8, 4) is 0 Å². The lowest BCUT2D eigenvalue weighted by Gasteiger charge is -2.08. The van der Waals surface area contributed by atoms with Crippen LogP contribution in [0.1, 0.15) is 5.56 Å². The maximum Gasteiger partial charge on any atom is 0.140 e. The normalized spacial score (nSPS) is 12.9. The third-order valence-electron chi connectivity index (χ3n) is 1.67. The Morgan fingerprint density at radius 1 is 1.54 bits per heavy atom. The first kappa shape index (κ1) is 11.0. The second-order valence-electron chi connectivity index (χ2n) is 2.73. The highest BCUT2D eigenvalue weighted by Crippen LogP contribution is 2.19. The second-order valence-corrected chi connectivity index (χ2v) is 3.89. The van der Waals surface area contributed by atoms with Crippen LogP contribution in [-0.2, 0) is 6.42 Å². The van der Waals surface area contributed by atoms with E-state index in [1.54, 1.807) is 18.2 Å². The molecule has 4 heteroatoms. The van der Waals surface area contributed by atoms with Crippen molar-refractivity contribution < 1.29 is 9.50 Å². The highest BCUT2D eigenvalue weighted by Gasteiger charge is 2.09. The molecule has 1 N–H and O–H groups in total. The van der Waals surface area contributed by atoms with Crippen LogP contribution in [0.5, 0.6) is 0 Å². The van der Waals surface area contributed by atoms with E-state index in [1.807, 2.05) is 0 Å². The molecule has 1 aromatic rings. The molecule has 0 bridgehead atoms. The molecule has 72 valence electrons. The van der Waals surface area contributed by atoms with E-state index >= 15 is 0 Å². The quantitative estimate of drug-likeness (QED) is 0.835. The van der Waals surface area contributed by atoms with Crippen molar-refractivity contribution in [2.24, 2.45) is 0 Å². The van der Waals surface area contributed by atoms with Crippen LogP contribution in [0.2, 0.25) is 0 Å². The Kier molecular flexibility index (Phi) is 4.16. The molecular weight excluding hydrogens is 258 g/mol. The summed E-state index contributed by atoms with van der Waals surface area (Å²) in [6.07, 6.45) is -0.445. The molecule has 1 unspecified atom stereocenters. The lowest BCUT2D eigenvalue weighted by Crippen LogP contribution is -2.13. The van der Waals surface area contributed by atoms with Gasteiger partial charge in [0.15, 0.2) is 0 Å². The monoisotopic (exact) mass is 266 g/mol. The highest BCUT2D eigenvalue weighted by molar-refractivity contribution is 9.10. The van der Waals surface area contributed by atoms with Crippen LogP contribution in [0.25, 0.3) is 0 Å². The first-order valence-electron chi connectivity index (χ1n) is 3.82. The van der Waals surface area contributed by atoms with E-state index in [9.17, 15) is 9.50 Å². The molecule has 0 saturated carbocycles. The number of hydrogen-bond acceptors (Lipinski definition) is 1. The fraction of sp³-hybridized carbons (Fsp3) is 0.333. The number of halogens is 3. The molecule has 1 aromatic carbocycles. The summed E-state index contributed by atoms with van der Waals surface area (Å²) in [5.74, 6) is -0.210. The minimum Gasteiger partial charge on any atom is -0.392 e. The van der Waals surface area contributed by atoms with Gasteiger partial charge in [0.2, 0.25) is 0 Å².